The predicted molar refractivity (Wildman–Crippen MR) is 90.9 cm³/mol. The Morgan fingerprint density at radius 3 is 2.22 bits per heavy atom. The van der Waals surface area contributed by atoms with Crippen molar-refractivity contribution in [2.45, 2.75) is 20.4 Å². The predicted octanol–water partition coefficient (Wildman–Crippen LogP) is 1.43. The molecule has 0 radical (unpaired) electrons. The van der Waals surface area contributed by atoms with Gasteiger partial charge >= 0.3 is 11.9 Å². The Morgan fingerprint density at radius 1 is 1.17 bits per heavy atom. The third-order valence-electron chi connectivity index (χ3n) is 2.69. The van der Waals surface area contributed by atoms with Crippen LogP contribution in [0.5, 0.6) is 0 Å². The number of hydrogen-bond donors (Lipinski definition) is 0. The molecule has 0 aliphatic carbocycles. The summed E-state index contributed by atoms with van der Waals surface area (Å²) in [4.78, 5) is 40.0. The minimum atomic E-state index is -0.432. The Hall–Kier alpha value is -1.55. The average Bonchev–Trinajstić information content (AvgIpc) is 2.46. The molecule has 1 aromatic rings. The number of pyridine rings is 1. The number of halogens is 1. The molecule has 0 spiro atoms. The minimum absolute atomic E-state index is 0.0593. The van der Waals surface area contributed by atoms with Gasteiger partial charge in [0.2, 0.25) is 0 Å². The lowest BCUT2D eigenvalue weighted by Crippen LogP contribution is -2.36. The van der Waals surface area contributed by atoms with Crippen LogP contribution in [0.1, 0.15) is 30.0 Å². The van der Waals surface area contributed by atoms with Gasteiger partial charge in [0.1, 0.15) is 5.69 Å². The zero-order valence-electron chi connectivity index (χ0n) is 13.1. The fourth-order valence-corrected chi connectivity index (χ4v) is 2.57. The van der Waals surface area contributed by atoms with Gasteiger partial charge in [-0.15, -0.1) is 0 Å². The molecular formula is C15H19IN2O5. The van der Waals surface area contributed by atoms with Crippen molar-refractivity contribution < 1.29 is 23.9 Å². The Balaban J connectivity index is 2.85. The largest absolute Gasteiger partial charge is 0.465 e. The monoisotopic (exact) mass is 434 g/mol. The highest BCUT2D eigenvalue weighted by molar-refractivity contribution is 14.1. The van der Waals surface area contributed by atoms with Crippen LogP contribution in [0.25, 0.3) is 0 Å². The van der Waals surface area contributed by atoms with Crippen LogP contribution >= 0.6 is 22.6 Å². The van der Waals surface area contributed by atoms with Crippen molar-refractivity contribution in [2.24, 2.45) is 0 Å². The van der Waals surface area contributed by atoms with Gasteiger partial charge in [0.05, 0.1) is 32.0 Å². The summed E-state index contributed by atoms with van der Waals surface area (Å²) < 4.78 is 10.7. The fourth-order valence-electron chi connectivity index (χ4n) is 1.89. The number of esters is 2. The van der Waals surface area contributed by atoms with Gasteiger partial charge in [-0.2, -0.15) is 0 Å². The number of aromatic nitrogens is 1. The van der Waals surface area contributed by atoms with Gasteiger partial charge in [0.25, 0.3) is 0 Å². The molecule has 0 aromatic carbocycles. The fraction of sp³-hybridized carbons (Fsp3) is 0.467. The van der Waals surface area contributed by atoms with E-state index < -0.39 is 11.9 Å². The first-order chi connectivity index (χ1) is 11.0. The number of nitrogens with zero attached hydrogens (tertiary/aromatic N) is 2. The van der Waals surface area contributed by atoms with Gasteiger partial charge in [-0.3, -0.25) is 19.3 Å². The quantitative estimate of drug-likeness (QED) is 0.330. The van der Waals surface area contributed by atoms with E-state index in [1.807, 2.05) is 0 Å². The van der Waals surface area contributed by atoms with Crippen LogP contribution in [0, 0.1) is 3.57 Å². The van der Waals surface area contributed by atoms with Crippen LogP contribution < -0.4 is 0 Å². The molecule has 0 aliphatic heterocycles. The first-order valence-electron chi connectivity index (χ1n) is 7.13. The summed E-state index contributed by atoms with van der Waals surface area (Å²) in [5.41, 5.74) is 0.895. The van der Waals surface area contributed by atoms with E-state index in [9.17, 15) is 14.4 Å². The molecule has 0 N–H and O–H groups in total. The summed E-state index contributed by atoms with van der Waals surface area (Å²) in [5.74, 6) is -0.865. The number of carbonyl (C=O) groups is 3. The molecule has 23 heavy (non-hydrogen) atoms. The van der Waals surface area contributed by atoms with E-state index in [4.69, 9.17) is 9.47 Å². The average molecular weight is 434 g/mol. The first kappa shape index (κ1) is 19.5. The van der Waals surface area contributed by atoms with E-state index in [1.54, 1.807) is 30.9 Å². The van der Waals surface area contributed by atoms with Crippen LogP contribution in [0.4, 0.5) is 0 Å². The maximum absolute atomic E-state index is 11.7. The molecule has 0 saturated heterocycles. The van der Waals surface area contributed by atoms with E-state index in [0.29, 0.717) is 17.7 Å². The van der Waals surface area contributed by atoms with Crippen molar-refractivity contribution in [3.63, 3.8) is 0 Å². The lowest BCUT2D eigenvalue weighted by molar-refractivity contribution is -0.148. The van der Waals surface area contributed by atoms with Crippen LogP contribution in [0.15, 0.2) is 12.1 Å². The van der Waals surface area contributed by atoms with Crippen LogP contribution in [-0.4, -0.2) is 54.4 Å². The number of rotatable bonds is 9. The van der Waals surface area contributed by atoms with Crippen molar-refractivity contribution in [1.82, 2.24) is 9.88 Å². The Kier molecular flexibility index (Phi) is 8.70. The lowest BCUT2D eigenvalue weighted by Gasteiger charge is -2.20. The van der Waals surface area contributed by atoms with Gasteiger partial charge in [0.15, 0.2) is 6.29 Å². The van der Waals surface area contributed by atoms with E-state index in [-0.39, 0.29) is 32.8 Å². The minimum Gasteiger partial charge on any atom is -0.465 e. The highest BCUT2D eigenvalue weighted by Crippen LogP contribution is 2.10. The maximum Gasteiger partial charge on any atom is 0.320 e. The second kappa shape index (κ2) is 10.3. The Morgan fingerprint density at radius 2 is 1.74 bits per heavy atom. The van der Waals surface area contributed by atoms with Crippen molar-refractivity contribution >= 4 is 40.8 Å². The molecule has 0 bridgehead atoms. The molecule has 1 rings (SSSR count). The highest BCUT2D eigenvalue weighted by Gasteiger charge is 2.17. The number of aldehydes is 1. The molecule has 7 nitrogen and oxygen atoms in total. The third-order valence-corrected chi connectivity index (χ3v) is 3.31. The number of ether oxygens (including phenoxy) is 2. The van der Waals surface area contributed by atoms with Gasteiger partial charge in [-0.05, 0) is 48.6 Å². The van der Waals surface area contributed by atoms with Gasteiger partial charge in [-0.25, -0.2) is 4.98 Å². The van der Waals surface area contributed by atoms with Gasteiger partial charge in [0, 0.05) is 10.1 Å². The van der Waals surface area contributed by atoms with Crippen LogP contribution in [0.3, 0.4) is 0 Å². The zero-order chi connectivity index (χ0) is 17.2. The van der Waals surface area contributed by atoms with Crippen molar-refractivity contribution in [2.75, 3.05) is 26.3 Å². The summed E-state index contributed by atoms with van der Waals surface area (Å²) in [5, 5.41) is 0. The summed E-state index contributed by atoms with van der Waals surface area (Å²) in [6.07, 6.45) is 0.659. The summed E-state index contributed by atoms with van der Waals surface area (Å²) in [7, 11) is 0. The molecule has 0 unspecified atom stereocenters. The van der Waals surface area contributed by atoms with Crippen molar-refractivity contribution in [3.8, 4) is 0 Å². The van der Waals surface area contributed by atoms with Crippen molar-refractivity contribution in [1.29, 1.82) is 0 Å². The molecule has 0 atom stereocenters. The van der Waals surface area contributed by atoms with Gasteiger partial charge in [-0.1, -0.05) is 0 Å². The standard InChI is InChI=1S/C15H19IN2O5/c1-3-22-14(20)8-18(9-15(21)23-4-2)7-12-5-11(16)6-13(10-19)17-12/h5-6,10H,3-4,7-9H2,1-2H3. The smallest absolute Gasteiger partial charge is 0.320 e. The zero-order valence-corrected chi connectivity index (χ0v) is 15.2. The Bertz CT molecular complexity index is 545. The van der Waals surface area contributed by atoms with E-state index >= 15 is 0 Å². The van der Waals surface area contributed by atoms with E-state index in [1.165, 1.54) is 0 Å². The molecule has 8 heteroatoms. The van der Waals surface area contributed by atoms with Gasteiger partial charge < -0.3 is 9.47 Å². The molecule has 0 saturated carbocycles. The Labute approximate surface area is 148 Å². The van der Waals surface area contributed by atoms with E-state index in [0.717, 1.165) is 3.57 Å². The lowest BCUT2D eigenvalue weighted by atomic mass is 10.3. The van der Waals surface area contributed by atoms with E-state index in [2.05, 4.69) is 27.6 Å². The summed E-state index contributed by atoms with van der Waals surface area (Å²) in [6, 6.07) is 3.44. The van der Waals surface area contributed by atoms with Crippen LogP contribution in [-0.2, 0) is 25.6 Å². The van der Waals surface area contributed by atoms with Crippen molar-refractivity contribution in [3.05, 3.63) is 27.1 Å². The molecule has 1 heterocycles. The molecule has 0 fully saturated rings. The molecule has 1 aromatic heterocycles. The molecule has 0 aliphatic rings. The first-order valence-corrected chi connectivity index (χ1v) is 8.21. The second-order valence-electron chi connectivity index (χ2n) is 4.57. The normalized spacial score (nSPS) is 10.4. The summed E-state index contributed by atoms with van der Waals surface area (Å²) >= 11 is 2.08. The van der Waals surface area contributed by atoms with Crippen LogP contribution in [0.2, 0.25) is 0 Å². The topological polar surface area (TPSA) is 85.8 Å². The summed E-state index contributed by atoms with van der Waals surface area (Å²) in [6.45, 7) is 4.07. The number of hydrogen-bond acceptors (Lipinski definition) is 7. The highest BCUT2D eigenvalue weighted by atomic mass is 127. The maximum atomic E-state index is 11.7. The SMILES string of the molecule is CCOC(=O)CN(CC(=O)OCC)Cc1cc(I)cc(C=O)n1. The molecular weight excluding hydrogens is 415 g/mol. The third kappa shape index (κ3) is 7.51. The molecule has 0 amide bonds. The number of carbonyl (C=O) groups excluding carboxylic acids is 3. The second-order valence-corrected chi connectivity index (χ2v) is 5.82. The molecule has 126 valence electrons.